The number of aliphatic hydroxyl groups excluding tert-OH is 1. The molecule has 0 radical (unpaired) electrons. The number of hydrogen-bond donors (Lipinski definition) is 1. The molecule has 26 heavy (non-hydrogen) atoms. The first-order valence-electron chi connectivity index (χ1n) is 8.69. The van der Waals surface area contributed by atoms with Gasteiger partial charge < -0.3 is 14.9 Å². The number of benzene rings is 1. The summed E-state index contributed by atoms with van der Waals surface area (Å²) >= 11 is 0. The van der Waals surface area contributed by atoms with Gasteiger partial charge in [0.2, 0.25) is 10.0 Å². The zero-order valence-corrected chi connectivity index (χ0v) is 15.6. The Bertz CT molecular complexity index is 777. The number of likely N-dealkylation sites (N-methyl/N-ethyl adjacent to an activating group) is 1. The molecule has 0 saturated carbocycles. The van der Waals surface area contributed by atoms with Crippen LogP contribution in [0.4, 0.5) is 11.4 Å². The Labute approximate surface area is 153 Å². The minimum Gasteiger partial charge on any atom is -0.391 e. The summed E-state index contributed by atoms with van der Waals surface area (Å²) in [7, 11) is -1.84. The number of anilines is 1. The van der Waals surface area contributed by atoms with Crippen LogP contribution in [0.1, 0.15) is 12.8 Å². The molecule has 3 rings (SSSR count). The molecule has 1 aromatic carbocycles. The predicted molar refractivity (Wildman–Crippen MR) is 96.8 cm³/mol. The van der Waals surface area contributed by atoms with Gasteiger partial charge >= 0.3 is 0 Å². The van der Waals surface area contributed by atoms with Crippen LogP contribution in [0.3, 0.4) is 0 Å². The fourth-order valence-electron chi connectivity index (χ4n) is 3.43. The van der Waals surface area contributed by atoms with E-state index in [2.05, 4.69) is 0 Å². The zero-order valence-electron chi connectivity index (χ0n) is 14.7. The molecule has 2 heterocycles. The van der Waals surface area contributed by atoms with Crippen molar-refractivity contribution >= 4 is 21.4 Å². The third kappa shape index (κ3) is 3.83. The molecule has 2 saturated heterocycles. The van der Waals surface area contributed by atoms with Crippen molar-refractivity contribution in [3.05, 3.63) is 28.3 Å². The summed E-state index contributed by atoms with van der Waals surface area (Å²) in [4.78, 5) is 14.7. The smallest absolute Gasteiger partial charge is 0.293 e. The number of nitrogens with zero attached hydrogens (tertiary/aromatic N) is 4. The fourth-order valence-corrected chi connectivity index (χ4v) is 4.87. The predicted octanol–water partition coefficient (Wildman–Crippen LogP) is 0.492. The van der Waals surface area contributed by atoms with E-state index in [1.807, 2.05) is 11.9 Å². The average molecular weight is 384 g/mol. The Kier molecular flexibility index (Phi) is 5.47. The number of aliphatic hydroxyl groups is 1. The summed E-state index contributed by atoms with van der Waals surface area (Å²) < 4.78 is 27.1. The average Bonchev–Trinajstić information content (AvgIpc) is 2.61. The van der Waals surface area contributed by atoms with Crippen LogP contribution >= 0.6 is 0 Å². The lowest BCUT2D eigenvalue weighted by Crippen LogP contribution is -2.47. The van der Waals surface area contributed by atoms with Crippen molar-refractivity contribution in [3.8, 4) is 0 Å². The van der Waals surface area contributed by atoms with Gasteiger partial charge in [-0.25, -0.2) is 8.42 Å². The van der Waals surface area contributed by atoms with E-state index in [-0.39, 0.29) is 10.6 Å². The van der Waals surface area contributed by atoms with Crippen molar-refractivity contribution in [2.75, 3.05) is 51.2 Å². The molecule has 1 N–H and O–H groups in total. The Morgan fingerprint density at radius 2 is 1.88 bits per heavy atom. The summed E-state index contributed by atoms with van der Waals surface area (Å²) in [6.07, 6.45) is 0.872. The molecule has 2 aliphatic heterocycles. The number of nitro benzene ring substituents is 1. The van der Waals surface area contributed by atoms with E-state index in [0.717, 1.165) is 12.5 Å². The SMILES string of the molecule is CN1CCN(S(=O)(=O)c2ccc(N3CCC[C@H](O)C3)c([N+](=O)[O-])c2)CC1. The van der Waals surface area contributed by atoms with Gasteiger partial charge in [0.05, 0.1) is 15.9 Å². The van der Waals surface area contributed by atoms with E-state index in [1.165, 1.54) is 16.4 Å². The lowest BCUT2D eigenvalue weighted by molar-refractivity contribution is -0.384. The van der Waals surface area contributed by atoms with Crippen LogP contribution in [-0.2, 0) is 10.0 Å². The first-order chi connectivity index (χ1) is 12.3. The molecule has 1 aromatic rings. The topological polar surface area (TPSA) is 107 Å². The Morgan fingerprint density at radius 1 is 1.19 bits per heavy atom. The third-order valence-electron chi connectivity index (χ3n) is 4.98. The molecule has 144 valence electrons. The van der Waals surface area contributed by atoms with Crippen LogP contribution in [-0.4, -0.2) is 80.1 Å². The summed E-state index contributed by atoms with van der Waals surface area (Å²) in [5, 5.41) is 21.4. The Balaban J connectivity index is 1.92. The van der Waals surface area contributed by atoms with Gasteiger partial charge in [0.25, 0.3) is 5.69 Å². The zero-order chi connectivity index (χ0) is 18.9. The Morgan fingerprint density at radius 3 is 2.50 bits per heavy atom. The van der Waals surface area contributed by atoms with Crippen LogP contribution in [0.15, 0.2) is 23.1 Å². The van der Waals surface area contributed by atoms with Gasteiger partial charge in [0, 0.05) is 45.3 Å². The third-order valence-corrected chi connectivity index (χ3v) is 6.88. The maximum atomic E-state index is 12.8. The maximum absolute atomic E-state index is 12.8. The van der Waals surface area contributed by atoms with Crippen molar-refractivity contribution in [1.29, 1.82) is 0 Å². The molecule has 0 aliphatic carbocycles. The van der Waals surface area contributed by atoms with Crippen molar-refractivity contribution < 1.29 is 18.4 Å². The minimum atomic E-state index is -3.77. The molecule has 0 bridgehead atoms. The molecular weight excluding hydrogens is 360 g/mol. The second-order valence-corrected chi connectivity index (χ2v) is 8.79. The number of sulfonamides is 1. The lowest BCUT2D eigenvalue weighted by atomic mass is 10.1. The molecule has 2 aliphatic rings. The summed E-state index contributed by atoms with van der Waals surface area (Å²) in [5.41, 5.74) is 0.111. The normalized spacial score (nSPS) is 23.2. The van der Waals surface area contributed by atoms with Crippen LogP contribution in [0.2, 0.25) is 0 Å². The highest BCUT2D eigenvalue weighted by Crippen LogP contribution is 2.33. The van der Waals surface area contributed by atoms with Gasteiger partial charge in [0.15, 0.2) is 0 Å². The largest absolute Gasteiger partial charge is 0.391 e. The maximum Gasteiger partial charge on any atom is 0.293 e. The number of piperazine rings is 1. The van der Waals surface area contributed by atoms with E-state index >= 15 is 0 Å². The minimum absolute atomic E-state index is 0.0601. The standard InChI is InChI=1S/C16H24N4O5S/c1-17-7-9-19(10-8-17)26(24,25)14-4-5-15(16(11-14)20(22)23)18-6-2-3-13(21)12-18/h4-5,11,13,21H,2-3,6-10,12H2,1H3/t13-/m0/s1. The second-order valence-electron chi connectivity index (χ2n) is 6.86. The molecule has 0 spiro atoms. The van der Waals surface area contributed by atoms with Gasteiger partial charge in [0.1, 0.15) is 5.69 Å². The van der Waals surface area contributed by atoms with Gasteiger partial charge in [-0.2, -0.15) is 4.31 Å². The molecule has 10 heteroatoms. The molecule has 1 atom stereocenters. The highest BCUT2D eigenvalue weighted by Gasteiger charge is 2.31. The number of β-amino-alcohol motifs (C(OH)–C–C–N with tert-alkyl or cyclic N) is 1. The Hall–Kier alpha value is -1.75. The van der Waals surface area contributed by atoms with E-state index in [0.29, 0.717) is 51.4 Å². The molecule has 0 unspecified atom stereocenters. The molecule has 0 aromatic heterocycles. The molecular formula is C16H24N4O5S. The number of piperidine rings is 1. The van der Waals surface area contributed by atoms with Gasteiger partial charge in [-0.05, 0) is 32.0 Å². The molecule has 2 fully saturated rings. The van der Waals surface area contributed by atoms with Crippen LogP contribution in [0, 0.1) is 10.1 Å². The van der Waals surface area contributed by atoms with Crippen molar-refractivity contribution in [3.63, 3.8) is 0 Å². The van der Waals surface area contributed by atoms with Crippen molar-refractivity contribution in [1.82, 2.24) is 9.21 Å². The summed E-state index contributed by atoms with van der Waals surface area (Å²) in [5.74, 6) is 0. The summed E-state index contributed by atoms with van der Waals surface area (Å²) in [6, 6.07) is 4.06. The highest BCUT2D eigenvalue weighted by molar-refractivity contribution is 7.89. The quantitative estimate of drug-likeness (QED) is 0.595. The number of nitro groups is 1. The van der Waals surface area contributed by atoms with Gasteiger partial charge in [-0.1, -0.05) is 0 Å². The lowest BCUT2D eigenvalue weighted by Gasteiger charge is -2.32. The second kappa shape index (κ2) is 7.47. The van der Waals surface area contributed by atoms with E-state index in [9.17, 15) is 23.6 Å². The first kappa shape index (κ1) is 19.0. The van der Waals surface area contributed by atoms with Crippen LogP contribution < -0.4 is 4.90 Å². The van der Waals surface area contributed by atoms with Gasteiger partial charge in [-0.3, -0.25) is 10.1 Å². The number of rotatable bonds is 4. The molecule has 0 amide bonds. The monoisotopic (exact) mass is 384 g/mol. The highest BCUT2D eigenvalue weighted by atomic mass is 32.2. The van der Waals surface area contributed by atoms with Crippen LogP contribution in [0.25, 0.3) is 0 Å². The van der Waals surface area contributed by atoms with E-state index in [1.54, 1.807) is 4.90 Å². The fraction of sp³-hybridized carbons (Fsp3) is 0.625. The van der Waals surface area contributed by atoms with E-state index in [4.69, 9.17) is 0 Å². The van der Waals surface area contributed by atoms with E-state index < -0.39 is 21.1 Å². The first-order valence-corrected chi connectivity index (χ1v) is 10.1. The van der Waals surface area contributed by atoms with Gasteiger partial charge in [-0.15, -0.1) is 0 Å². The summed E-state index contributed by atoms with van der Waals surface area (Å²) in [6.45, 7) is 2.91. The van der Waals surface area contributed by atoms with Crippen molar-refractivity contribution in [2.24, 2.45) is 0 Å². The van der Waals surface area contributed by atoms with Crippen molar-refractivity contribution in [2.45, 2.75) is 23.8 Å². The van der Waals surface area contributed by atoms with Crippen LogP contribution in [0.5, 0.6) is 0 Å². The molecule has 9 nitrogen and oxygen atoms in total. The number of hydrogen-bond acceptors (Lipinski definition) is 7.